The molecule has 0 N–H and O–H groups in total. The monoisotopic (exact) mass is 387 g/mol. The number of aryl methyl sites for hydroxylation is 1. The van der Waals surface area contributed by atoms with Crippen LogP contribution in [0.3, 0.4) is 0 Å². The van der Waals surface area contributed by atoms with Gasteiger partial charge in [0, 0.05) is 38.6 Å². The van der Waals surface area contributed by atoms with E-state index in [0.29, 0.717) is 11.8 Å². The minimum atomic E-state index is 0.295. The predicted octanol–water partition coefficient (Wildman–Crippen LogP) is 3.54. The van der Waals surface area contributed by atoms with E-state index in [9.17, 15) is 0 Å². The molecule has 8 heteroatoms. The number of hydrogen-bond donors (Lipinski definition) is 0. The first-order valence-corrected chi connectivity index (χ1v) is 10.2. The summed E-state index contributed by atoms with van der Waals surface area (Å²) in [6.07, 6.45) is 0. The van der Waals surface area contributed by atoms with Gasteiger partial charge in [0.05, 0.1) is 17.1 Å². The fourth-order valence-corrected chi connectivity index (χ4v) is 3.80. The van der Waals surface area contributed by atoms with Crippen LogP contribution in [0.1, 0.15) is 42.9 Å². The van der Waals surface area contributed by atoms with Crippen molar-refractivity contribution in [2.75, 3.05) is 26.2 Å². The van der Waals surface area contributed by atoms with E-state index in [0.717, 1.165) is 67.3 Å². The highest BCUT2D eigenvalue weighted by Crippen LogP contribution is 2.26. The maximum Gasteiger partial charge on any atom is 0.240 e. The number of thiophene rings is 1. The molecule has 1 aliphatic rings. The van der Waals surface area contributed by atoms with Crippen molar-refractivity contribution < 1.29 is 8.94 Å². The van der Waals surface area contributed by atoms with Crippen molar-refractivity contribution in [3.05, 3.63) is 40.7 Å². The Morgan fingerprint density at radius 3 is 2.48 bits per heavy atom. The van der Waals surface area contributed by atoms with Gasteiger partial charge in [0.2, 0.25) is 11.8 Å². The first-order valence-electron chi connectivity index (χ1n) is 9.36. The van der Waals surface area contributed by atoms with Crippen LogP contribution in [0.4, 0.5) is 0 Å². The van der Waals surface area contributed by atoms with Crippen LogP contribution in [0.15, 0.2) is 26.5 Å². The van der Waals surface area contributed by atoms with E-state index in [2.05, 4.69) is 33.8 Å². The first-order chi connectivity index (χ1) is 13.1. The van der Waals surface area contributed by atoms with Crippen LogP contribution in [-0.4, -0.2) is 51.1 Å². The molecule has 1 saturated heterocycles. The molecule has 1 fully saturated rings. The number of hydrogen-bond acceptors (Lipinski definition) is 8. The molecule has 1 aliphatic heterocycles. The van der Waals surface area contributed by atoms with E-state index < -0.39 is 0 Å². The average Bonchev–Trinajstić information content (AvgIpc) is 3.39. The molecular formula is C19H25N5O2S. The lowest BCUT2D eigenvalue weighted by molar-refractivity contribution is 0.111. The molecule has 144 valence electrons. The fraction of sp³-hybridized carbons (Fsp3) is 0.526. The van der Waals surface area contributed by atoms with E-state index in [1.165, 1.54) is 0 Å². The van der Waals surface area contributed by atoms with Gasteiger partial charge in [-0.25, -0.2) is 4.98 Å². The van der Waals surface area contributed by atoms with E-state index in [-0.39, 0.29) is 0 Å². The lowest BCUT2D eigenvalue weighted by Crippen LogP contribution is -2.45. The van der Waals surface area contributed by atoms with Crippen molar-refractivity contribution in [2.45, 2.75) is 39.8 Å². The second-order valence-corrected chi connectivity index (χ2v) is 8.20. The Morgan fingerprint density at radius 1 is 1.11 bits per heavy atom. The van der Waals surface area contributed by atoms with Crippen molar-refractivity contribution in [1.82, 2.24) is 24.9 Å². The Labute approximate surface area is 163 Å². The van der Waals surface area contributed by atoms with Crippen molar-refractivity contribution in [1.29, 1.82) is 0 Å². The third-order valence-electron chi connectivity index (χ3n) is 4.82. The van der Waals surface area contributed by atoms with Gasteiger partial charge in [-0.1, -0.05) is 25.1 Å². The van der Waals surface area contributed by atoms with Gasteiger partial charge >= 0.3 is 0 Å². The third kappa shape index (κ3) is 4.28. The van der Waals surface area contributed by atoms with Crippen LogP contribution in [0.5, 0.6) is 0 Å². The smallest absolute Gasteiger partial charge is 0.240 e. The van der Waals surface area contributed by atoms with E-state index >= 15 is 0 Å². The van der Waals surface area contributed by atoms with Crippen molar-refractivity contribution >= 4 is 11.3 Å². The zero-order valence-electron chi connectivity index (χ0n) is 16.0. The molecule has 0 amide bonds. The summed E-state index contributed by atoms with van der Waals surface area (Å²) in [5.74, 6) is 3.43. The summed E-state index contributed by atoms with van der Waals surface area (Å²) in [4.78, 5) is 15.0. The van der Waals surface area contributed by atoms with Crippen molar-refractivity contribution in [3.8, 4) is 10.8 Å². The van der Waals surface area contributed by atoms with E-state index in [1.807, 2.05) is 24.4 Å². The molecule has 4 heterocycles. The molecule has 0 aromatic carbocycles. The fourth-order valence-electron chi connectivity index (χ4n) is 3.16. The zero-order valence-corrected chi connectivity index (χ0v) is 16.8. The second-order valence-electron chi connectivity index (χ2n) is 7.25. The minimum absolute atomic E-state index is 0.295. The third-order valence-corrected chi connectivity index (χ3v) is 5.68. The molecule has 3 aromatic rings. The van der Waals surface area contributed by atoms with Gasteiger partial charge in [-0.3, -0.25) is 9.80 Å². The Balaban J connectivity index is 1.30. The maximum absolute atomic E-state index is 5.86. The van der Waals surface area contributed by atoms with Crippen LogP contribution in [0.2, 0.25) is 0 Å². The predicted molar refractivity (Wildman–Crippen MR) is 103 cm³/mol. The zero-order chi connectivity index (χ0) is 18.8. The second kappa shape index (κ2) is 7.92. The molecule has 7 nitrogen and oxygen atoms in total. The van der Waals surface area contributed by atoms with Crippen LogP contribution in [0, 0.1) is 6.92 Å². The number of oxazole rings is 1. The number of piperazine rings is 1. The summed E-state index contributed by atoms with van der Waals surface area (Å²) < 4.78 is 11.2. The number of rotatable bonds is 6. The van der Waals surface area contributed by atoms with Gasteiger partial charge in [-0.05, 0) is 18.4 Å². The molecular weight excluding hydrogens is 362 g/mol. The van der Waals surface area contributed by atoms with Crippen LogP contribution >= 0.6 is 11.3 Å². The van der Waals surface area contributed by atoms with Gasteiger partial charge < -0.3 is 8.94 Å². The average molecular weight is 388 g/mol. The minimum Gasteiger partial charge on any atom is -0.440 e. The molecule has 0 saturated carbocycles. The molecule has 4 rings (SSSR count). The lowest BCUT2D eigenvalue weighted by Gasteiger charge is -2.33. The normalized spacial score (nSPS) is 16.4. The molecule has 0 bridgehead atoms. The molecule has 3 aromatic heterocycles. The Kier molecular flexibility index (Phi) is 5.38. The van der Waals surface area contributed by atoms with E-state index in [4.69, 9.17) is 13.9 Å². The topological polar surface area (TPSA) is 71.4 Å². The molecule has 0 radical (unpaired) electrons. The van der Waals surface area contributed by atoms with Gasteiger partial charge in [0.1, 0.15) is 5.76 Å². The van der Waals surface area contributed by atoms with E-state index in [1.54, 1.807) is 11.3 Å². The summed E-state index contributed by atoms with van der Waals surface area (Å²) in [6.45, 7) is 11.6. The summed E-state index contributed by atoms with van der Waals surface area (Å²) in [6, 6.07) is 4.06. The molecule has 27 heavy (non-hydrogen) atoms. The van der Waals surface area contributed by atoms with Crippen LogP contribution < -0.4 is 0 Å². The standard InChI is InChI=1S/C19H25N5O2S/c1-13(2)18-21-17(26-22-18)12-24-8-6-23(7-9-24)11-15-14(3)25-19(20-15)16-5-4-10-27-16/h4-5,10,13H,6-9,11-12H2,1-3H3. The molecule has 0 unspecified atom stereocenters. The van der Waals surface area contributed by atoms with Crippen LogP contribution in [-0.2, 0) is 13.1 Å². The Morgan fingerprint density at radius 2 is 1.85 bits per heavy atom. The summed E-state index contributed by atoms with van der Waals surface area (Å²) in [5.41, 5.74) is 1.03. The summed E-state index contributed by atoms with van der Waals surface area (Å²) in [5, 5.41) is 6.09. The molecule has 0 aliphatic carbocycles. The Hall–Kier alpha value is -2.03. The van der Waals surface area contributed by atoms with Gasteiger partial charge in [0.15, 0.2) is 5.82 Å². The largest absolute Gasteiger partial charge is 0.440 e. The van der Waals surface area contributed by atoms with Crippen molar-refractivity contribution in [3.63, 3.8) is 0 Å². The van der Waals surface area contributed by atoms with Crippen molar-refractivity contribution in [2.24, 2.45) is 0 Å². The number of nitrogens with zero attached hydrogens (tertiary/aromatic N) is 5. The molecule has 0 atom stereocenters. The highest BCUT2D eigenvalue weighted by atomic mass is 32.1. The SMILES string of the molecule is Cc1oc(-c2cccs2)nc1CN1CCN(Cc2nc(C(C)C)no2)CC1. The van der Waals surface area contributed by atoms with Gasteiger partial charge in [-0.2, -0.15) is 4.98 Å². The van der Waals surface area contributed by atoms with Gasteiger partial charge in [-0.15, -0.1) is 11.3 Å². The first kappa shape index (κ1) is 18.3. The number of aromatic nitrogens is 3. The summed E-state index contributed by atoms with van der Waals surface area (Å²) >= 11 is 1.65. The van der Waals surface area contributed by atoms with Crippen LogP contribution in [0.25, 0.3) is 10.8 Å². The quantitative estimate of drug-likeness (QED) is 0.640. The highest BCUT2D eigenvalue weighted by molar-refractivity contribution is 7.13. The molecule has 0 spiro atoms. The highest BCUT2D eigenvalue weighted by Gasteiger charge is 2.22. The van der Waals surface area contributed by atoms with Gasteiger partial charge in [0.25, 0.3) is 0 Å². The maximum atomic E-state index is 5.86. The summed E-state index contributed by atoms with van der Waals surface area (Å²) in [7, 11) is 0. The Bertz CT molecular complexity index is 863. The lowest BCUT2D eigenvalue weighted by atomic mass is 10.2.